The molecule has 1 aromatic rings. The number of primary amides is 1. The van der Waals surface area contributed by atoms with Crippen molar-refractivity contribution in [1.29, 1.82) is 0 Å². The van der Waals surface area contributed by atoms with E-state index in [-0.39, 0.29) is 11.7 Å². The van der Waals surface area contributed by atoms with Crippen LogP contribution in [0, 0.1) is 0 Å². The van der Waals surface area contributed by atoms with Crippen molar-refractivity contribution < 1.29 is 4.79 Å². The average molecular weight is 226 g/mol. The Labute approximate surface area is 92.4 Å². The summed E-state index contributed by atoms with van der Waals surface area (Å²) >= 11 is 1.36. The Kier molecular flexibility index (Phi) is 2.95. The zero-order valence-corrected chi connectivity index (χ0v) is 9.46. The van der Waals surface area contributed by atoms with E-state index in [1.165, 1.54) is 24.6 Å². The third-order valence-electron chi connectivity index (χ3n) is 2.35. The van der Waals surface area contributed by atoms with Gasteiger partial charge >= 0.3 is 0 Å². The molecule has 0 aromatic carbocycles. The molecule has 0 radical (unpaired) electrons. The van der Waals surface area contributed by atoms with Crippen LogP contribution in [0.4, 0.5) is 0 Å². The molecular formula is C9H14N4OS. The lowest BCUT2D eigenvalue weighted by atomic mass is 10.4. The Bertz CT molecular complexity index is 372. The van der Waals surface area contributed by atoms with E-state index in [0.29, 0.717) is 5.92 Å². The van der Waals surface area contributed by atoms with Crippen molar-refractivity contribution in [2.45, 2.75) is 37.4 Å². The number of thioether (sulfide) groups is 1. The fourth-order valence-corrected chi connectivity index (χ4v) is 2.23. The Morgan fingerprint density at radius 2 is 2.33 bits per heavy atom. The summed E-state index contributed by atoms with van der Waals surface area (Å²) in [4.78, 5) is 10.7. The number of nitrogens with two attached hydrogens (primary N) is 1. The van der Waals surface area contributed by atoms with E-state index in [9.17, 15) is 4.79 Å². The highest BCUT2D eigenvalue weighted by Gasteiger charge is 2.29. The molecular weight excluding hydrogens is 212 g/mol. The number of carbonyl (C=O) groups excluding carboxylic acids is 1. The minimum absolute atomic E-state index is 0.267. The maximum atomic E-state index is 10.7. The quantitative estimate of drug-likeness (QED) is 0.752. The minimum Gasteiger partial charge on any atom is -0.369 e. The largest absolute Gasteiger partial charge is 0.369 e. The molecule has 0 aliphatic heterocycles. The van der Waals surface area contributed by atoms with E-state index < -0.39 is 0 Å². The number of nitrogens with zero attached hydrogens (tertiary/aromatic N) is 3. The summed E-state index contributed by atoms with van der Waals surface area (Å²) in [5.41, 5.74) is 5.09. The number of hydrogen-bond acceptors (Lipinski definition) is 4. The van der Waals surface area contributed by atoms with Crippen molar-refractivity contribution in [2.75, 3.05) is 5.75 Å². The molecule has 6 heteroatoms. The molecule has 0 unspecified atom stereocenters. The van der Waals surface area contributed by atoms with Crippen molar-refractivity contribution in [3.63, 3.8) is 0 Å². The molecule has 0 atom stereocenters. The Balaban J connectivity index is 2.12. The molecule has 1 saturated carbocycles. The maximum absolute atomic E-state index is 10.7. The first kappa shape index (κ1) is 10.5. The average Bonchev–Trinajstić information content (AvgIpc) is 2.96. The standard InChI is InChI=1S/C9H14N4OS/c1-2-13-8(6-3-4-6)11-12-9(13)15-5-7(10)14/h6H,2-5H2,1H3,(H2,10,14). The highest BCUT2D eigenvalue weighted by Crippen LogP contribution is 2.39. The second-order valence-corrected chi connectivity index (χ2v) is 4.56. The van der Waals surface area contributed by atoms with E-state index in [4.69, 9.17) is 5.73 Å². The molecule has 0 spiro atoms. The van der Waals surface area contributed by atoms with Crippen LogP contribution in [-0.4, -0.2) is 26.4 Å². The molecule has 1 amide bonds. The lowest BCUT2D eigenvalue weighted by Gasteiger charge is -2.04. The topological polar surface area (TPSA) is 73.8 Å². The molecule has 1 aliphatic carbocycles. The molecule has 5 nitrogen and oxygen atoms in total. The van der Waals surface area contributed by atoms with Gasteiger partial charge in [-0.2, -0.15) is 0 Å². The first-order valence-corrected chi connectivity index (χ1v) is 6.05. The van der Waals surface area contributed by atoms with Gasteiger partial charge in [0.2, 0.25) is 5.91 Å². The molecule has 0 bridgehead atoms. The molecule has 15 heavy (non-hydrogen) atoms. The van der Waals surface area contributed by atoms with Crippen molar-refractivity contribution >= 4 is 17.7 Å². The van der Waals surface area contributed by atoms with Crippen LogP contribution in [-0.2, 0) is 11.3 Å². The fourth-order valence-electron chi connectivity index (χ4n) is 1.48. The molecule has 1 fully saturated rings. The molecule has 1 heterocycles. The zero-order valence-electron chi connectivity index (χ0n) is 8.64. The van der Waals surface area contributed by atoms with Crippen LogP contribution in [0.3, 0.4) is 0 Å². The molecule has 1 aromatic heterocycles. The van der Waals surface area contributed by atoms with Gasteiger partial charge in [-0.25, -0.2) is 0 Å². The summed E-state index contributed by atoms with van der Waals surface area (Å²) in [6, 6.07) is 0. The van der Waals surface area contributed by atoms with Crippen molar-refractivity contribution in [1.82, 2.24) is 14.8 Å². The van der Waals surface area contributed by atoms with Gasteiger partial charge in [-0.05, 0) is 19.8 Å². The van der Waals surface area contributed by atoms with Crippen LogP contribution in [0.2, 0.25) is 0 Å². The molecule has 2 rings (SSSR count). The summed E-state index contributed by atoms with van der Waals surface area (Å²) in [6.45, 7) is 2.91. The van der Waals surface area contributed by atoms with E-state index in [1.807, 2.05) is 0 Å². The highest BCUT2D eigenvalue weighted by atomic mass is 32.2. The van der Waals surface area contributed by atoms with Gasteiger partial charge in [-0.15, -0.1) is 10.2 Å². The summed E-state index contributed by atoms with van der Waals surface area (Å²) in [5.74, 6) is 1.59. The lowest BCUT2D eigenvalue weighted by Crippen LogP contribution is -2.14. The van der Waals surface area contributed by atoms with Crippen molar-refractivity contribution in [3.8, 4) is 0 Å². The number of amides is 1. The van der Waals surface area contributed by atoms with Gasteiger partial charge < -0.3 is 10.3 Å². The van der Waals surface area contributed by atoms with Gasteiger partial charge in [0.25, 0.3) is 0 Å². The van der Waals surface area contributed by atoms with E-state index in [2.05, 4.69) is 21.7 Å². The third kappa shape index (κ3) is 2.31. The van der Waals surface area contributed by atoms with Gasteiger partial charge in [0.05, 0.1) is 5.75 Å². The van der Waals surface area contributed by atoms with Gasteiger partial charge in [0.15, 0.2) is 5.16 Å². The van der Waals surface area contributed by atoms with Crippen LogP contribution in [0.25, 0.3) is 0 Å². The highest BCUT2D eigenvalue weighted by molar-refractivity contribution is 7.99. The van der Waals surface area contributed by atoms with Crippen molar-refractivity contribution in [3.05, 3.63) is 5.82 Å². The first-order valence-electron chi connectivity index (χ1n) is 5.06. The summed E-state index contributed by atoms with van der Waals surface area (Å²) in [6.07, 6.45) is 2.41. The fraction of sp³-hybridized carbons (Fsp3) is 0.667. The smallest absolute Gasteiger partial charge is 0.227 e. The number of hydrogen-bond donors (Lipinski definition) is 1. The van der Waals surface area contributed by atoms with Crippen LogP contribution in [0.5, 0.6) is 0 Å². The molecule has 82 valence electrons. The second kappa shape index (κ2) is 4.22. The predicted octanol–water partition coefficient (Wildman–Crippen LogP) is 0.753. The molecule has 0 saturated heterocycles. The Morgan fingerprint density at radius 1 is 1.60 bits per heavy atom. The zero-order chi connectivity index (χ0) is 10.8. The first-order chi connectivity index (χ1) is 7.22. The number of rotatable bonds is 5. The third-order valence-corrected chi connectivity index (χ3v) is 3.34. The van der Waals surface area contributed by atoms with Crippen LogP contribution in [0.1, 0.15) is 31.5 Å². The van der Waals surface area contributed by atoms with E-state index >= 15 is 0 Å². The monoisotopic (exact) mass is 226 g/mol. The summed E-state index contributed by atoms with van der Waals surface area (Å²) in [5, 5.41) is 9.06. The summed E-state index contributed by atoms with van der Waals surface area (Å²) in [7, 11) is 0. The van der Waals surface area contributed by atoms with Crippen LogP contribution < -0.4 is 5.73 Å². The summed E-state index contributed by atoms with van der Waals surface area (Å²) < 4.78 is 2.07. The van der Waals surface area contributed by atoms with Crippen LogP contribution >= 0.6 is 11.8 Å². The molecule has 1 aliphatic rings. The van der Waals surface area contributed by atoms with Gasteiger partial charge in [0, 0.05) is 12.5 Å². The second-order valence-electron chi connectivity index (χ2n) is 3.61. The Morgan fingerprint density at radius 3 is 2.87 bits per heavy atom. The van der Waals surface area contributed by atoms with Gasteiger partial charge in [0.1, 0.15) is 5.82 Å². The predicted molar refractivity (Wildman–Crippen MR) is 57.6 cm³/mol. The van der Waals surface area contributed by atoms with Gasteiger partial charge in [-0.3, -0.25) is 4.79 Å². The van der Waals surface area contributed by atoms with E-state index in [1.54, 1.807) is 0 Å². The molecule has 2 N–H and O–H groups in total. The van der Waals surface area contributed by atoms with Gasteiger partial charge in [-0.1, -0.05) is 11.8 Å². The lowest BCUT2D eigenvalue weighted by molar-refractivity contribution is -0.115. The van der Waals surface area contributed by atoms with E-state index in [0.717, 1.165) is 17.5 Å². The number of carbonyl (C=O) groups is 1. The van der Waals surface area contributed by atoms with Crippen molar-refractivity contribution in [2.24, 2.45) is 5.73 Å². The number of aromatic nitrogens is 3. The van der Waals surface area contributed by atoms with Crippen LogP contribution in [0.15, 0.2) is 5.16 Å². The normalized spacial score (nSPS) is 15.5. The minimum atomic E-state index is -0.321. The SMILES string of the molecule is CCn1c(SCC(N)=O)nnc1C1CC1. The Hall–Kier alpha value is -1.04. The maximum Gasteiger partial charge on any atom is 0.227 e.